The maximum Gasteiger partial charge on any atom is 0.317 e. The Bertz CT molecular complexity index is 675. The maximum absolute atomic E-state index is 12.5. The Labute approximate surface area is 146 Å². The monoisotopic (exact) mass is 345 g/mol. The Morgan fingerprint density at radius 2 is 2.29 bits per heavy atom. The van der Waals surface area contributed by atoms with Gasteiger partial charge in [-0.2, -0.15) is 11.3 Å². The third-order valence-electron chi connectivity index (χ3n) is 4.07. The van der Waals surface area contributed by atoms with Crippen LogP contribution >= 0.6 is 11.3 Å². The van der Waals surface area contributed by atoms with Crippen LogP contribution in [0.3, 0.4) is 0 Å². The Morgan fingerprint density at radius 1 is 1.42 bits per heavy atom. The van der Waals surface area contributed by atoms with Crippen LogP contribution in [0, 0.1) is 6.92 Å². The first-order chi connectivity index (χ1) is 11.6. The molecule has 2 amide bonds. The highest BCUT2D eigenvalue weighted by Gasteiger charge is 2.29. The predicted molar refractivity (Wildman–Crippen MR) is 95.3 cm³/mol. The van der Waals surface area contributed by atoms with Crippen LogP contribution in [-0.2, 0) is 11.2 Å². The highest BCUT2D eigenvalue weighted by atomic mass is 32.1. The van der Waals surface area contributed by atoms with Gasteiger partial charge in [-0.25, -0.2) is 4.79 Å². The molecule has 24 heavy (non-hydrogen) atoms. The first kappa shape index (κ1) is 16.9. The molecule has 1 saturated heterocycles. The van der Waals surface area contributed by atoms with E-state index in [1.54, 1.807) is 11.3 Å². The number of amides is 2. The number of hydrogen-bond acceptors (Lipinski definition) is 4. The van der Waals surface area contributed by atoms with E-state index in [0.717, 1.165) is 23.4 Å². The molecule has 128 valence electrons. The molecule has 2 atom stereocenters. The number of ether oxygens (including phenoxy) is 1. The summed E-state index contributed by atoms with van der Waals surface area (Å²) in [6.45, 7) is 5.78. The molecule has 0 aliphatic carbocycles. The van der Waals surface area contributed by atoms with E-state index < -0.39 is 0 Å². The molecule has 0 aromatic carbocycles. The molecule has 3 rings (SSSR count). The SMILES string of the molecule is Cc1cccc(CCNC(=O)N2C[C@@H](C)O[C@@H](c3ccsc3)C2)n1. The lowest BCUT2D eigenvalue weighted by Crippen LogP contribution is -2.50. The Balaban J connectivity index is 1.52. The molecule has 0 saturated carbocycles. The van der Waals surface area contributed by atoms with Crippen molar-refractivity contribution in [3.63, 3.8) is 0 Å². The minimum absolute atomic E-state index is 0.0296. The van der Waals surface area contributed by atoms with E-state index in [-0.39, 0.29) is 18.2 Å². The van der Waals surface area contributed by atoms with Crippen molar-refractivity contribution < 1.29 is 9.53 Å². The van der Waals surface area contributed by atoms with Gasteiger partial charge < -0.3 is 15.0 Å². The number of carbonyl (C=O) groups is 1. The van der Waals surface area contributed by atoms with Gasteiger partial charge in [0.1, 0.15) is 6.10 Å². The molecular weight excluding hydrogens is 322 g/mol. The van der Waals surface area contributed by atoms with Gasteiger partial charge >= 0.3 is 6.03 Å². The van der Waals surface area contributed by atoms with E-state index in [4.69, 9.17) is 4.74 Å². The highest BCUT2D eigenvalue weighted by Crippen LogP contribution is 2.26. The quantitative estimate of drug-likeness (QED) is 0.926. The third-order valence-corrected chi connectivity index (χ3v) is 4.77. The largest absolute Gasteiger partial charge is 0.367 e. The van der Waals surface area contributed by atoms with Gasteiger partial charge in [-0.3, -0.25) is 4.98 Å². The van der Waals surface area contributed by atoms with Gasteiger partial charge in [-0.05, 0) is 48.4 Å². The van der Waals surface area contributed by atoms with Crippen LogP contribution < -0.4 is 5.32 Å². The molecule has 0 spiro atoms. The van der Waals surface area contributed by atoms with E-state index in [9.17, 15) is 4.79 Å². The molecular formula is C18H23N3O2S. The molecule has 0 bridgehead atoms. The number of hydrogen-bond donors (Lipinski definition) is 1. The first-order valence-electron chi connectivity index (χ1n) is 8.24. The minimum Gasteiger partial charge on any atom is -0.367 e. The van der Waals surface area contributed by atoms with Crippen LogP contribution in [0.1, 0.15) is 30.0 Å². The molecule has 6 heteroatoms. The summed E-state index contributed by atoms with van der Waals surface area (Å²) in [5.41, 5.74) is 3.15. The lowest BCUT2D eigenvalue weighted by molar-refractivity contribution is -0.0654. The van der Waals surface area contributed by atoms with Gasteiger partial charge in [0.25, 0.3) is 0 Å². The molecule has 1 aliphatic heterocycles. The molecule has 5 nitrogen and oxygen atoms in total. The molecule has 1 fully saturated rings. The molecule has 2 aromatic rings. The fourth-order valence-electron chi connectivity index (χ4n) is 2.91. The number of pyridine rings is 1. The summed E-state index contributed by atoms with van der Waals surface area (Å²) >= 11 is 1.65. The number of morpholine rings is 1. The van der Waals surface area contributed by atoms with Crippen LogP contribution in [0.2, 0.25) is 0 Å². The van der Waals surface area contributed by atoms with Crippen LogP contribution in [0.25, 0.3) is 0 Å². The van der Waals surface area contributed by atoms with E-state index in [2.05, 4.69) is 21.7 Å². The molecule has 0 unspecified atom stereocenters. The molecule has 2 aromatic heterocycles. The van der Waals surface area contributed by atoms with Crippen molar-refractivity contribution in [2.24, 2.45) is 0 Å². The third kappa shape index (κ3) is 4.33. The van der Waals surface area contributed by atoms with Crippen LogP contribution in [0.5, 0.6) is 0 Å². The predicted octanol–water partition coefficient (Wildman–Crippen LogP) is 3.17. The number of rotatable bonds is 4. The molecule has 3 heterocycles. The van der Waals surface area contributed by atoms with Crippen molar-refractivity contribution in [1.29, 1.82) is 0 Å². The highest BCUT2D eigenvalue weighted by molar-refractivity contribution is 7.07. The first-order valence-corrected chi connectivity index (χ1v) is 9.19. The van der Waals surface area contributed by atoms with Gasteiger partial charge in [0.15, 0.2) is 0 Å². The Morgan fingerprint density at radius 3 is 3.04 bits per heavy atom. The zero-order chi connectivity index (χ0) is 16.9. The summed E-state index contributed by atoms with van der Waals surface area (Å²) in [5, 5.41) is 7.13. The number of aryl methyl sites for hydroxylation is 1. The van der Waals surface area contributed by atoms with Gasteiger partial charge in [0.05, 0.1) is 12.6 Å². The number of nitrogens with zero attached hydrogens (tertiary/aromatic N) is 2. The standard InChI is InChI=1S/C18H23N3O2S/c1-13-4-3-5-16(20-13)6-8-19-18(22)21-10-14(2)23-17(11-21)15-7-9-24-12-15/h3-5,7,9,12,14,17H,6,8,10-11H2,1-2H3,(H,19,22)/t14-,17-/m1/s1. The van der Waals surface area contributed by atoms with Crippen LogP contribution in [0.4, 0.5) is 4.79 Å². The second-order valence-corrected chi connectivity index (χ2v) is 6.93. The number of thiophene rings is 1. The minimum atomic E-state index is -0.0378. The van der Waals surface area contributed by atoms with E-state index in [0.29, 0.717) is 19.6 Å². The van der Waals surface area contributed by atoms with Gasteiger partial charge in [0.2, 0.25) is 0 Å². The summed E-state index contributed by atoms with van der Waals surface area (Å²) in [5.74, 6) is 0. The summed E-state index contributed by atoms with van der Waals surface area (Å²) < 4.78 is 5.97. The average Bonchev–Trinajstić information content (AvgIpc) is 3.09. The van der Waals surface area contributed by atoms with Crippen LogP contribution in [0.15, 0.2) is 35.0 Å². The van der Waals surface area contributed by atoms with Crippen molar-refractivity contribution in [2.45, 2.75) is 32.5 Å². The molecule has 0 radical (unpaired) electrons. The zero-order valence-electron chi connectivity index (χ0n) is 14.1. The number of aromatic nitrogens is 1. The summed E-state index contributed by atoms with van der Waals surface area (Å²) in [7, 11) is 0. The smallest absolute Gasteiger partial charge is 0.317 e. The van der Waals surface area contributed by atoms with Crippen molar-refractivity contribution in [3.05, 3.63) is 52.0 Å². The fourth-order valence-corrected chi connectivity index (χ4v) is 3.61. The Kier molecular flexibility index (Phi) is 5.48. The van der Waals surface area contributed by atoms with Crippen molar-refractivity contribution in [3.8, 4) is 0 Å². The molecule has 1 aliphatic rings. The molecule has 1 N–H and O–H groups in total. The maximum atomic E-state index is 12.5. The zero-order valence-corrected chi connectivity index (χ0v) is 14.9. The topological polar surface area (TPSA) is 54.5 Å². The second kappa shape index (κ2) is 7.77. The van der Waals surface area contributed by atoms with E-state index in [1.165, 1.54) is 0 Å². The van der Waals surface area contributed by atoms with E-state index in [1.807, 2.05) is 42.3 Å². The Hall–Kier alpha value is -1.92. The summed E-state index contributed by atoms with van der Waals surface area (Å²) in [4.78, 5) is 18.8. The number of nitrogens with one attached hydrogen (secondary N) is 1. The van der Waals surface area contributed by atoms with Crippen molar-refractivity contribution in [1.82, 2.24) is 15.2 Å². The van der Waals surface area contributed by atoms with Crippen molar-refractivity contribution in [2.75, 3.05) is 19.6 Å². The summed E-state index contributed by atoms with van der Waals surface area (Å²) in [6.07, 6.45) is 0.735. The van der Waals surface area contributed by atoms with Crippen LogP contribution in [-0.4, -0.2) is 41.7 Å². The van der Waals surface area contributed by atoms with Gasteiger partial charge in [0, 0.05) is 30.9 Å². The van der Waals surface area contributed by atoms with Crippen molar-refractivity contribution >= 4 is 17.4 Å². The second-order valence-electron chi connectivity index (χ2n) is 6.15. The van der Waals surface area contributed by atoms with Gasteiger partial charge in [-0.1, -0.05) is 6.07 Å². The number of urea groups is 1. The summed E-state index contributed by atoms with van der Waals surface area (Å²) in [6, 6.07) is 7.99. The van der Waals surface area contributed by atoms with Gasteiger partial charge in [-0.15, -0.1) is 0 Å². The average molecular weight is 345 g/mol. The van der Waals surface area contributed by atoms with E-state index >= 15 is 0 Å². The fraction of sp³-hybridized carbons (Fsp3) is 0.444. The number of carbonyl (C=O) groups excluding carboxylic acids is 1. The lowest BCUT2D eigenvalue weighted by Gasteiger charge is -2.36. The normalized spacial score (nSPS) is 20.8. The lowest BCUT2D eigenvalue weighted by atomic mass is 10.1.